The van der Waals surface area contributed by atoms with Gasteiger partial charge in [0.2, 0.25) is 0 Å². The fourth-order valence-electron chi connectivity index (χ4n) is 1.68. The first-order valence-electron chi connectivity index (χ1n) is 5.06. The van der Waals surface area contributed by atoms with Crippen LogP contribution in [0, 0.1) is 0 Å². The molecule has 4 heteroatoms. The van der Waals surface area contributed by atoms with Gasteiger partial charge in [-0.2, -0.15) is 0 Å². The van der Waals surface area contributed by atoms with Crippen LogP contribution in [0.4, 0.5) is 0 Å². The fraction of sp³-hybridized carbons (Fsp3) is 0.900. The van der Waals surface area contributed by atoms with Crippen molar-refractivity contribution in [1.82, 2.24) is 0 Å². The molecular weight excluding hydrogens is 182 g/mol. The second-order valence-electron chi connectivity index (χ2n) is 3.66. The van der Waals surface area contributed by atoms with Crippen LogP contribution in [0.3, 0.4) is 0 Å². The van der Waals surface area contributed by atoms with Gasteiger partial charge >= 0.3 is 5.97 Å². The average molecular weight is 203 g/mol. The van der Waals surface area contributed by atoms with Crippen molar-refractivity contribution in [3.63, 3.8) is 0 Å². The van der Waals surface area contributed by atoms with Crippen LogP contribution in [-0.2, 0) is 9.53 Å². The third-order valence-electron chi connectivity index (χ3n) is 2.40. The number of ether oxygens (including phenoxy) is 1. The highest BCUT2D eigenvalue weighted by atomic mass is 16.5. The van der Waals surface area contributed by atoms with E-state index in [1.807, 2.05) is 13.8 Å². The van der Waals surface area contributed by atoms with Gasteiger partial charge in [-0.25, -0.2) is 4.79 Å². The summed E-state index contributed by atoms with van der Waals surface area (Å²) in [5.41, 5.74) is 5.15. The van der Waals surface area contributed by atoms with E-state index < -0.39 is 17.6 Å². The van der Waals surface area contributed by atoms with Crippen LogP contribution in [0.2, 0.25) is 0 Å². The monoisotopic (exact) mass is 203 g/mol. The molecule has 1 atom stereocenters. The van der Waals surface area contributed by atoms with Gasteiger partial charge in [-0.05, 0) is 12.8 Å². The largest absolute Gasteiger partial charge is 0.467 e. The van der Waals surface area contributed by atoms with Crippen molar-refractivity contribution in [1.29, 1.82) is 0 Å². The Morgan fingerprint density at radius 2 is 1.86 bits per heavy atom. The molecule has 0 aliphatic heterocycles. The predicted molar refractivity (Wildman–Crippen MR) is 54.8 cm³/mol. The summed E-state index contributed by atoms with van der Waals surface area (Å²) in [6.07, 6.45) is 1.70. The number of carbonyl (C=O) groups excluding carboxylic acids is 1. The van der Waals surface area contributed by atoms with Crippen LogP contribution in [0.25, 0.3) is 0 Å². The first-order chi connectivity index (χ1) is 6.51. The lowest BCUT2D eigenvalue weighted by molar-refractivity contribution is -0.154. The molecule has 0 rings (SSSR count). The van der Waals surface area contributed by atoms with Crippen molar-refractivity contribution in [2.24, 2.45) is 5.73 Å². The van der Waals surface area contributed by atoms with Crippen molar-refractivity contribution in [3.8, 4) is 0 Å². The van der Waals surface area contributed by atoms with Gasteiger partial charge in [-0.1, -0.05) is 26.7 Å². The zero-order valence-corrected chi connectivity index (χ0v) is 9.25. The number of hydrogen-bond acceptors (Lipinski definition) is 4. The molecule has 0 aliphatic rings. The highest BCUT2D eigenvalue weighted by molar-refractivity contribution is 5.76. The number of nitrogens with two attached hydrogens (primary N) is 1. The summed E-state index contributed by atoms with van der Waals surface area (Å²) < 4.78 is 4.48. The molecule has 84 valence electrons. The highest BCUT2D eigenvalue weighted by Gasteiger charge is 2.37. The Balaban J connectivity index is 4.53. The van der Waals surface area contributed by atoms with Crippen molar-refractivity contribution < 1.29 is 14.6 Å². The molecule has 0 aliphatic carbocycles. The topological polar surface area (TPSA) is 72.5 Å². The third-order valence-corrected chi connectivity index (χ3v) is 2.40. The van der Waals surface area contributed by atoms with Gasteiger partial charge < -0.3 is 15.6 Å². The average Bonchev–Trinajstić information content (AvgIpc) is 2.16. The zero-order chi connectivity index (χ0) is 11.2. The van der Waals surface area contributed by atoms with Crippen LogP contribution in [-0.4, -0.2) is 29.8 Å². The fourth-order valence-corrected chi connectivity index (χ4v) is 1.68. The van der Waals surface area contributed by atoms with Crippen LogP contribution in [0.5, 0.6) is 0 Å². The molecule has 0 aromatic heterocycles. The maximum Gasteiger partial charge on any atom is 0.336 e. The SMILES string of the molecule is CCCC(N)(CCC)C(O)C(=O)OC. The van der Waals surface area contributed by atoms with Gasteiger partial charge in [-0.15, -0.1) is 0 Å². The molecule has 0 fully saturated rings. The smallest absolute Gasteiger partial charge is 0.336 e. The molecule has 0 aromatic rings. The van der Waals surface area contributed by atoms with Gasteiger partial charge in [0.1, 0.15) is 0 Å². The molecule has 3 N–H and O–H groups in total. The second-order valence-corrected chi connectivity index (χ2v) is 3.66. The lowest BCUT2D eigenvalue weighted by atomic mass is 9.84. The first-order valence-corrected chi connectivity index (χ1v) is 5.06. The molecule has 14 heavy (non-hydrogen) atoms. The summed E-state index contributed by atoms with van der Waals surface area (Å²) in [6.45, 7) is 3.95. The number of esters is 1. The van der Waals surface area contributed by atoms with E-state index in [1.54, 1.807) is 0 Å². The van der Waals surface area contributed by atoms with Gasteiger partial charge in [0.05, 0.1) is 12.6 Å². The third kappa shape index (κ3) is 3.27. The molecule has 0 bridgehead atoms. The molecule has 0 spiro atoms. The summed E-state index contributed by atoms with van der Waals surface area (Å²) in [4.78, 5) is 11.2. The Hall–Kier alpha value is -0.610. The molecule has 0 aromatic carbocycles. The summed E-state index contributed by atoms with van der Waals surface area (Å²) >= 11 is 0. The predicted octanol–water partition coefficient (Wildman–Crippen LogP) is 0.818. The molecule has 4 nitrogen and oxygen atoms in total. The van der Waals surface area contributed by atoms with Gasteiger partial charge in [0.15, 0.2) is 6.10 Å². The Labute approximate surface area is 85.4 Å². The molecule has 0 heterocycles. The van der Waals surface area contributed by atoms with E-state index >= 15 is 0 Å². The Bertz CT molecular complexity index is 176. The standard InChI is InChI=1S/C10H21NO3/c1-4-6-10(11,7-5-2)8(12)9(13)14-3/h8,12H,4-7,11H2,1-3H3. The van der Waals surface area contributed by atoms with Crippen molar-refractivity contribution in [2.45, 2.75) is 51.2 Å². The minimum Gasteiger partial charge on any atom is -0.467 e. The van der Waals surface area contributed by atoms with Gasteiger partial charge in [-0.3, -0.25) is 0 Å². The number of aliphatic hydroxyl groups is 1. The van der Waals surface area contributed by atoms with Crippen molar-refractivity contribution in [2.75, 3.05) is 7.11 Å². The van der Waals surface area contributed by atoms with E-state index in [-0.39, 0.29) is 0 Å². The van der Waals surface area contributed by atoms with E-state index in [0.717, 1.165) is 12.8 Å². The summed E-state index contributed by atoms with van der Waals surface area (Å²) in [5.74, 6) is -0.644. The van der Waals surface area contributed by atoms with E-state index in [1.165, 1.54) is 7.11 Å². The number of rotatable bonds is 6. The normalized spacial score (nSPS) is 13.8. The number of carbonyl (C=O) groups is 1. The lowest BCUT2D eigenvalue weighted by Gasteiger charge is -2.32. The molecule has 1 unspecified atom stereocenters. The molecule has 0 amide bonds. The Morgan fingerprint density at radius 3 is 2.14 bits per heavy atom. The van der Waals surface area contributed by atoms with Crippen LogP contribution >= 0.6 is 0 Å². The second kappa shape index (κ2) is 5.98. The number of hydrogen-bond donors (Lipinski definition) is 2. The van der Waals surface area contributed by atoms with E-state index in [4.69, 9.17) is 5.73 Å². The van der Waals surface area contributed by atoms with Crippen LogP contribution in [0.15, 0.2) is 0 Å². The minimum absolute atomic E-state index is 0.622. The van der Waals surface area contributed by atoms with Crippen molar-refractivity contribution in [3.05, 3.63) is 0 Å². The van der Waals surface area contributed by atoms with E-state index in [2.05, 4.69) is 4.74 Å². The number of methoxy groups -OCH3 is 1. The summed E-state index contributed by atoms with van der Waals surface area (Å²) in [5, 5.41) is 9.70. The quantitative estimate of drug-likeness (QED) is 0.627. The summed E-state index contributed by atoms with van der Waals surface area (Å²) in [6, 6.07) is 0. The zero-order valence-electron chi connectivity index (χ0n) is 9.25. The molecular formula is C10H21NO3. The molecule has 0 saturated carbocycles. The molecule has 0 saturated heterocycles. The van der Waals surface area contributed by atoms with Crippen LogP contribution in [0.1, 0.15) is 39.5 Å². The van der Waals surface area contributed by atoms with Gasteiger partial charge in [0.25, 0.3) is 0 Å². The Morgan fingerprint density at radius 1 is 1.43 bits per heavy atom. The van der Waals surface area contributed by atoms with E-state index in [0.29, 0.717) is 12.8 Å². The van der Waals surface area contributed by atoms with Gasteiger partial charge in [0, 0.05) is 0 Å². The van der Waals surface area contributed by atoms with Crippen molar-refractivity contribution >= 4 is 5.97 Å². The van der Waals surface area contributed by atoms with Crippen LogP contribution < -0.4 is 5.73 Å². The highest BCUT2D eigenvalue weighted by Crippen LogP contribution is 2.21. The maximum absolute atomic E-state index is 11.2. The van der Waals surface area contributed by atoms with E-state index in [9.17, 15) is 9.90 Å². The maximum atomic E-state index is 11.2. The lowest BCUT2D eigenvalue weighted by Crippen LogP contribution is -2.54. The Kier molecular flexibility index (Phi) is 5.72. The summed E-state index contributed by atoms with van der Waals surface area (Å²) in [7, 11) is 1.25. The minimum atomic E-state index is -1.22. The first kappa shape index (κ1) is 13.4. The molecule has 0 radical (unpaired) electrons. The number of aliphatic hydroxyl groups excluding tert-OH is 1.